The third-order valence-electron chi connectivity index (χ3n) is 10.7. The first kappa shape index (κ1) is 18.3. The summed E-state index contributed by atoms with van der Waals surface area (Å²) in [7, 11) is 4.11. The van der Waals surface area contributed by atoms with E-state index in [0.29, 0.717) is 17.7 Å². The topological polar surface area (TPSA) is 62.2 Å². The van der Waals surface area contributed by atoms with Crippen LogP contribution >= 0.6 is 0 Å². The van der Waals surface area contributed by atoms with Crippen molar-refractivity contribution in [2.75, 3.05) is 20.7 Å². The Morgan fingerprint density at radius 1 is 1.23 bits per heavy atom. The molecule has 0 unspecified atom stereocenters. The molecule has 2 spiro atoms. The van der Waals surface area contributed by atoms with Crippen molar-refractivity contribution in [2.45, 2.75) is 80.6 Å². The first-order valence-electron chi connectivity index (χ1n) is 11.8. The maximum atomic E-state index is 11.8. The van der Waals surface area contributed by atoms with Crippen LogP contribution in [-0.4, -0.2) is 59.2 Å². The van der Waals surface area contributed by atoms with Crippen molar-refractivity contribution in [1.82, 2.24) is 4.90 Å². The van der Waals surface area contributed by atoms with Crippen LogP contribution < -0.4 is 4.74 Å². The highest BCUT2D eigenvalue weighted by atomic mass is 16.6. The molecular weight excluding hydrogens is 378 g/mol. The number of rotatable bonds is 3. The molecular formula is C25H33NO4. The zero-order valence-electron chi connectivity index (χ0n) is 18.3. The lowest BCUT2D eigenvalue weighted by molar-refractivity contribution is -0.303. The number of phenols is 1. The number of ether oxygens (including phenoxy) is 2. The van der Waals surface area contributed by atoms with Crippen LogP contribution in [0.3, 0.4) is 0 Å². The molecule has 2 aliphatic heterocycles. The van der Waals surface area contributed by atoms with Crippen LogP contribution in [0.15, 0.2) is 12.1 Å². The lowest BCUT2D eigenvalue weighted by Gasteiger charge is -2.74. The monoisotopic (exact) mass is 411 g/mol. The molecule has 0 amide bonds. The molecule has 30 heavy (non-hydrogen) atoms. The van der Waals surface area contributed by atoms with E-state index in [4.69, 9.17) is 9.47 Å². The third-order valence-corrected chi connectivity index (χ3v) is 10.7. The van der Waals surface area contributed by atoms with E-state index in [0.717, 1.165) is 51.5 Å². The second kappa shape index (κ2) is 5.19. The molecule has 4 bridgehead atoms. The normalized spacial score (nSPS) is 47.5. The fourth-order valence-electron chi connectivity index (χ4n) is 9.32. The van der Waals surface area contributed by atoms with Gasteiger partial charge < -0.3 is 24.6 Å². The summed E-state index contributed by atoms with van der Waals surface area (Å²) in [5.74, 6) is 1.40. The van der Waals surface area contributed by atoms with Gasteiger partial charge in [-0.15, -0.1) is 0 Å². The van der Waals surface area contributed by atoms with Gasteiger partial charge in [-0.3, -0.25) is 0 Å². The second-order valence-electron chi connectivity index (χ2n) is 11.4. The van der Waals surface area contributed by atoms with Gasteiger partial charge in [0.1, 0.15) is 11.7 Å². The summed E-state index contributed by atoms with van der Waals surface area (Å²) in [6.07, 6.45) is 7.18. The number of likely N-dealkylation sites (tertiary alicyclic amines) is 1. The SMILES string of the molecule is CO[C@]12CC[C@@]3(C[C@@H]1[C@](C)(O)C1CC1)[C@H]1Cc4ccc(O)c5c4[C@@]3(CCN1C)[C@H]2O5. The van der Waals surface area contributed by atoms with Crippen LogP contribution in [-0.2, 0) is 16.6 Å². The fourth-order valence-corrected chi connectivity index (χ4v) is 9.32. The van der Waals surface area contributed by atoms with Gasteiger partial charge in [-0.05, 0) is 83.0 Å². The van der Waals surface area contributed by atoms with Crippen molar-refractivity contribution in [2.24, 2.45) is 17.3 Å². The minimum absolute atomic E-state index is 0.0568. The Morgan fingerprint density at radius 2 is 2.03 bits per heavy atom. The van der Waals surface area contributed by atoms with Crippen LogP contribution in [0.1, 0.15) is 56.6 Å². The highest BCUT2D eigenvalue weighted by Gasteiger charge is 2.82. The molecule has 162 valence electrons. The van der Waals surface area contributed by atoms with Crippen LogP contribution in [0.25, 0.3) is 0 Å². The van der Waals surface area contributed by atoms with Crippen molar-refractivity contribution in [3.8, 4) is 11.5 Å². The molecule has 5 aliphatic carbocycles. The standard InChI is InChI=1S/C25H33NO4/c1-22(28,15-5-6-15)17-13-23-8-9-25(17,29-3)21-24(23)10-11-26(2)18(23)12-14-4-7-16(27)20(30-21)19(14)24/h4,7,15,17-18,21,27-28H,5-6,8-13H2,1-3H3/t17-,18-,21-,22-,23-,24+,25-/m1/s1. The lowest BCUT2D eigenvalue weighted by atomic mass is 9.33. The molecule has 1 aromatic carbocycles. The van der Waals surface area contributed by atoms with Gasteiger partial charge in [-0.2, -0.15) is 0 Å². The van der Waals surface area contributed by atoms with Gasteiger partial charge in [0, 0.05) is 35.5 Å². The van der Waals surface area contributed by atoms with Crippen molar-refractivity contribution >= 4 is 0 Å². The molecule has 4 saturated carbocycles. The number of benzene rings is 1. The fraction of sp³-hybridized carbons (Fsp3) is 0.760. The summed E-state index contributed by atoms with van der Waals surface area (Å²) in [5.41, 5.74) is 1.34. The summed E-state index contributed by atoms with van der Waals surface area (Å²) < 4.78 is 13.3. The Bertz CT molecular complexity index is 957. The summed E-state index contributed by atoms with van der Waals surface area (Å²) in [4.78, 5) is 2.57. The quantitative estimate of drug-likeness (QED) is 0.801. The zero-order chi connectivity index (χ0) is 20.7. The number of methoxy groups -OCH3 is 1. The Hall–Kier alpha value is -1.30. The maximum absolute atomic E-state index is 11.8. The predicted octanol–water partition coefficient (Wildman–Crippen LogP) is 3.00. The Kier molecular flexibility index (Phi) is 3.16. The second-order valence-corrected chi connectivity index (χ2v) is 11.4. The largest absolute Gasteiger partial charge is 0.504 e. The smallest absolute Gasteiger partial charge is 0.165 e. The number of phenolic OH excluding ortho intramolecular Hbond substituents is 1. The lowest BCUT2D eigenvalue weighted by Crippen LogP contribution is -2.82. The summed E-state index contributed by atoms with van der Waals surface area (Å²) >= 11 is 0. The van der Waals surface area contributed by atoms with E-state index in [-0.39, 0.29) is 28.6 Å². The summed E-state index contributed by atoms with van der Waals surface area (Å²) in [6.45, 7) is 3.11. The van der Waals surface area contributed by atoms with Gasteiger partial charge in [0.25, 0.3) is 0 Å². The summed E-state index contributed by atoms with van der Waals surface area (Å²) in [5, 5.41) is 22.6. The van der Waals surface area contributed by atoms with Gasteiger partial charge in [-0.25, -0.2) is 0 Å². The van der Waals surface area contributed by atoms with Crippen LogP contribution in [0.5, 0.6) is 11.5 Å². The predicted molar refractivity (Wildman–Crippen MR) is 112 cm³/mol. The van der Waals surface area contributed by atoms with Crippen molar-refractivity contribution in [3.63, 3.8) is 0 Å². The molecule has 5 fully saturated rings. The van der Waals surface area contributed by atoms with Gasteiger partial charge in [0.05, 0.1) is 5.60 Å². The average Bonchev–Trinajstić information content (AvgIpc) is 3.53. The van der Waals surface area contributed by atoms with Crippen LogP contribution in [0.2, 0.25) is 0 Å². The molecule has 0 radical (unpaired) electrons. The minimum Gasteiger partial charge on any atom is -0.504 e. The molecule has 1 saturated heterocycles. The number of aliphatic hydroxyl groups is 1. The Morgan fingerprint density at radius 3 is 2.77 bits per heavy atom. The van der Waals surface area contributed by atoms with Crippen molar-refractivity contribution in [3.05, 3.63) is 23.3 Å². The molecule has 0 aromatic heterocycles. The highest BCUT2D eigenvalue weighted by molar-refractivity contribution is 5.63. The molecule has 2 heterocycles. The number of piperidine rings is 1. The molecule has 5 nitrogen and oxygen atoms in total. The van der Waals surface area contributed by atoms with E-state index in [1.165, 1.54) is 11.1 Å². The molecule has 8 rings (SSSR count). The highest BCUT2D eigenvalue weighted by Crippen LogP contribution is 2.77. The van der Waals surface area contributed by atoms with E-state index in [9.17, 15) is 10.2 Å². The average molecular weight is 412 g/mol. The van der Waals surface area contributed by atoms with E-state index in [1.807, 2.05) is 13.2 Å². The van der Waals surface area contributed by atoms with Gasteiger partial charge in [0.2, 0.25) is 0 Å². The number of fused-ring (bicyclic) bond motifs is 2. The van der Waals surface area contributed by atoms with Gasteiger partial charge >= 0.3 is 0 Å². The molecule has 2 N–H and O–H groups in total. The number of hydrogen-bond acceptors (Lipinski definition) is 5. The van der Waals surface area contributed by atoms with Crippen LogP contribution in [0.4, 0.5) is 0 Å². The first-order valence-corrected chi connectivity index (χ1v) is 11.8. The van der Waals surface area contributed by atoms with E-state index < -0.39 is 11.2 Å². The number of likely N-dealkylation sites (N-methyl/N-ethyl adjacent to an activating group) is 1. The molecule has 1 aromatic rings. The minimum atomic E-state index is -0.738. The molecule has 7 aliphatic rings. The van der Waals surface area contributed by atoms with E-state index in [1.54, 1.807) is 0 Å². The van der Waals surface area contributed by atoms with Crippen LogP contribution in [0, 0.1) is 17.3 Å². The zero-order valence-corrected chi connectivity index (χ0v) is 18.3. The Labute approximate surface area is 178 Å². The van der Waals surface area contributed by atoms with Crippen molar-refractivity contribution in [1.29, 1.82) is 0 Å². The van der Waals surface area contributed by atoms with E-state index >= 15 is 0 Å². The summed E-state index contributed by atoms with van der Waals surface area (Å²) in [6, 6.07) is 4.39. The number of nitrogens with zero attached hydrogens (tertiary/aromatic N) is 1. The Balaban J connectivity index is 1.52. The molecule has 7 atom stereocenters. The van der Waals surface area contributed by atoms with Gasteiger partial charge in [-0.1, -0.05) is 6.07 Å². The third kappa shape index (κ3) is 1.67. The maximum Gasteiger partial charge on any atom is 0.165 e. The number of hydrogen-bond donors (Lipinski definition) is 2. The number of aromatic hydroxyl groups is 1. The molecule has 5 heteroatoms. The van der Waals surface area contributed by atoms with Gasteiger partial charge in [0.15, 0.2) is 11.5 Å². The van der Waals surface area contributed by atoms with E-state index in [2.05, 4.69) is 24.9 Å². The first-order chi connectivity index (χ1) is 14.3. The van der Waals surface area contributed by atoms with Crippen molar-refractivity contribution < 1.29 is 19.7 Å².